The van der Waals surface area contributed by atoms with Crippen LogP contribution < -0.4 is 115 Å². The fourth-order valence-electron chi connectivity index (χ4n) is 2.38. The van der Waals surface area contributed by atoms with E-state index in [-0.39, 0.29) is 123 Å². The number of ether oxygens (including phenoxy) is 1. The molecule has 0 aromatic carbocycles. The van der Waals surface area contributed by atoms with E-state index in [1.54, 1.807) is 6.92 Å². The van der Waals surface area contributed by atoms with Gasteiger partial charge < -0.3 is 39.8 Å². The molecule has 3 amide bonds. The monoisotopic (exact) mass is 519 g/mol. The maximum absolute atomic E-state index is 11.8. The molecule has 2 fully saturated rings. The Hall–Kier alpha value is 2.08. The van der Waals surface area contributed by atoms with E-state index in [4.69, 9.17) is 4.74 Å². The molecule has 0 radical (unpaired) electrons. The SMILES string of the molecule is C.C.CC1CN([C@H]2C[C@H](O)[C@@H](COP(=O)([O-])OP(=O)([O-])[O-])O2)C(=O)NC1=O.N.[Na+].[Na+].[Na+]. The predicted octanol–water partition coefficient (Wildman–Crippen LogP) is -10.6. The van der Waals surface area contributed by atoms with Crippen LogP contribution in [-0.4, -0.2) is 53.5 Å². The van der Waals surface area contributed by atoms with Gasteiger partial charge in [0, 0.05) is 13.0 Å². The number of amides is 3. The van der Waals surface area contributed by atoms with Crippen molar-refractivity contribution in [2.24, 2.45) is 5.92 Å². The Morgan fingerprint density at radius 2 is 1.71 bits per heavy atom. The number of carbonyl (C=O) groups excluding carboxylic acids is 2. The van der Waals surface area contributed by atoms with Gasteiger partial charge in [0.15, 0.2) is 0 Å². The van der Waals surface area contributed by atoms with Gasteiger partial charge in [0.25, 0.3) is 7.82 Å². The number of urea groups is 1. The molecule has 5 atom stereocenters. The quantitative estimate of drug-likeness (QED) is 0.219. The van der Waals surface area contributed by atoms with Gasteiger partial charge in [-0.1, -0.05) is 21.8 Å². The number of imide groups is 1. The van der Waals surface area contributed by atoms with Crippen molar-refractivity contribution < 1.29 is 141 Å². The summed E-state index contributed by atoms with van der Waals surface area (Å²) in [4.78, 5) is 56.1. The maximum atomic E-state index is 11.8. The van der Waals surface area contributed by atoms with Crippen LogP contribution in [0.5, 0.6) is 0 Å². The van der Waals surface area contributed by atoms with Gasteiger partial charge >= 0.3 is 94.7 Å². The van der Waals surface area contributed by atoms with Crippen molar-refractivity contribution in [1.82, 2.24) is 16.4 Å². The molecule has 2 heterocycles. The molecule has 2 saturated heterocycles. The first-order valence-corrected chi connectivity index (χ1v) is 9.94. The Kier molecular flexibility index (Phi) is 24.4. The van der Waals surface area contributed by atoms with Crippen molar-refractivity contribution in [3.63, 3.8) is 0 Å². The molecule has 5 N–H and O–H groups in total. The number of nitrogens with zero attached hydrogens (tertiary/aromatic N) is 1. The smallest absolute Gasteiger partial charge is 0.790 e. The molecule has 0 saturated carbocycles. The number of hydrogen-bond donors (Lipinski definition) is 3. The number of phosphoric acid groups is 2. The number of aliphatic hydroxyl groups is 1. The maximum Gasteiger partial charge on any atom is 1.00 e. The molecule has 2 unspecified atom stereocenters. The second-order valence-electron chi connectivity index (χ2n) is 5.55. The number of aliphatic hydroxyl groups excluding tert-OH is 1. The molecule has 0 aromatic rings. The molecule has 0 spiro atoms. The summed E-state index contributed by atoms with van der Waals surface area (Å²) in [5.41, 5.74) is 0. The second kappa shape index (κ2) is 17.5. The van der Waals surface area contributed by atoms with Crippen LogP contribution in [-0.2, 0) is 27.5 Å². The summed E-state index contributed by atoms with van der Waals surface area (Å²) in [6.07, 6.45) is -3.50. The minimum Gasteiger partial charge on any atom is -0.790 e. The first-order valence-electron chi connectivity index (χ1n) is 7.02. The molecule has 2 rings (SSSR count). The van der Waals surface area contributed by atoms with Crippen LogP contribution in [0.1, 0.15) is 28.2 Å². The summed E-state index contributed by atoms with van der Waals surface area (Å²) >= 11 is 0. The third kappa shape index (κ3) is 13.7. The van der Waals surface area contributed by atoms with Gasteiger partial charge in [-0.3, -0.25) is 23.9 Å². The zero-order chi connectivity index (χ0) is 19.0. The van der Waals surface area contributed by atoms with Gasteiger partial charge in [-0.25, -0.2) is 4.79 Å². The van der Waals surface area contributed by atoms with Crippen molar-refractivity contribution in [2.45, 2.75) is 46.6 Å². The Morgan fingerprint density at radius 3 is 2.19 bits per heavy atom. The van der Waals surface area contributed by atoms with Crippen LogP contribution in [0.3, 0.4) is 0 Å². The van der Waals surface area contributed by atoms with Crippen LogP contribution >= 0.6 is 15.6 Å². The minimum absolute atomic E-state index is 0. The van der Waals surface area contributed by atoms with E-state index < -0.39 is 58.5 Å². The minimum atomic E-state index is -5.82. The Bertz CT molecular complexity index is 657. The van der Waals surface area contributed by atoms with Crippen molar-refractivity contribution in [2.75, 3.05) is 13.2 Å². The summed E-state index contributed by atoms with van der Waals surface area (Å²) in [6, 6.07) is -0.724. The predicted molar refractivity (Wildman–Crippen MR) is 89.4 cm³/mol. The molecule has 2 aliphatic heterocycles. The fourth-order valence-corrected chi connectivity index (χ4v) is 3.88. The summed E-state index contributed by atoms with van der Waals surface area (Å²) in [6.45, 7) is 0.784. The number of rotatable bonds is 6. The Morgan fingerprint density at radius 1 is 1.19 bits per heavy atom. The van der Waals surface area contributed by atoms with Crippen molar-refractivity contribution in [3.05, 3.63) is 0 Å². The Balaban J connectivity index is -0.000000376. The largest absolute Gasteiger partial charge is 1.00 e. The summed E-state index contributed by atoms with van der Waals surface area (Å²) in [5, 5.41) is 12.0. The molecule has 2 aliphatic rings. The summed E-state index contributed by atoms with van der Waals surface area (Å²) in [7, 11) is -11.3. The summed E-state index contributed by atoms with van der Waals surface area (Å²) in [5.74, 6) is -0.962. The molecular weight excluding hydrogens is 493 g/mol. The van der Waals surface area contributed by atoms with Crippen LogP contribution in [0.25, 0.3) is 0 Å². The van der Waals surface area contributed by atoms with Gasteiger partial charge in [-0.15, -0.1) is 0 Å². The number of phosphoric ester groups is 1. The molecule has 0 aliphatic carbocycles. The molecule has 0 aromatic heterocycles. The van der Waals surface area contributed by atoms with Gasteiger partial charge in [0.05, 0.1) is 26.5 Å². The molecule has 0 bridgehead atoms. The van der Waals surface area contributed by atoms with Crippen molar-refractivity contribution in [3.8, 4) is 0 Å². The second-order valence-corrected chi connectivity index (χ2v) is 8.25. The van der Waals surface area contributed by atoms with Gasteiger partial charge in [0.2, 0.25) is 5.91 Å². The molecule has 168 valence electrons. The molecule has 14 nitrogen and oxygen atoms in total. The number of carbonyl (C=O) groups is 2. The van der Waals surface area contributed by atoms with E-state index in [0.717, 1.165) is 4.90 Å². The molecular formula is C12H26N3Na3O11P2. The van der Waals surface area contributed by atoms with Gasteiger partial charge in [-0.2, -0.15) is 0 Å². The third-order valence-corrected chi connectivity index (χ3v) is 5.62. The number of nitrogens with one attached hydrogen (secondary N) is 1. The van der Waals surface area contributed by atoms with Crippen LogP contribution in [0.15, 0.2) is 0 Å². The van der Waals surface area contributed by atoms with Crippen LogP contribution in [0, 0.1) is 5.92 Å². The van der Waals surface area contributed by atoms with E-state index in [1.165, 1.54) is 0 Å². The first kappa shape index (κ1) is 43.2. The fraction of sp³-hybridized carbons (Fsp3) is 0.833. The normalized spacial score (nSPS) is 26.8. The van der Waals surface area contributed by atoms with Crippen molar-refractivity contribution >= 4 is 27.6 Å². The van der Waals surface area contributed by atoms with E-state index in [0.29, 0.717) is 0 Å². The Labute approximate surface area is 247 Å². The van der Waals surface area contributed by atoms with Gasteiger partial charge in [-0.05, 0) is 0 Å². The summed E-state index contributed by atoms with van der Waals surface area (Å²) < 4.78 is 34.3. The van der Waals surface area contributed by atoms with E-state index in [2.05, 4.69) is 14.2 Å². The van der Waals surface area contributed by atoms with Gasteiger partial charge in [0.1, 0.15) is 12.3 Å². The first-order chi connectivity index (χ1) is 11.4. The molecule has 19 heteroatoms. The zero-order valence-electron chi connectivity index (χ0n) is 16.5. The van der Waals surface area contributed by atoms with E-state index >= 15 is 0 Å². The average molecular weight is 519 g/mol. The van der Waals surface area contributed by atoms with Crippen molar-refractivity contribution in [1.29, 1.82) is 0 Å². The third-order valence-electron chi connectivity index (χ3n) is 3.56. The standard InChI is InChI=1S/C10H18N2O11P2.2CH4.H3N.3Na/c1-5-3-12(10(15)11-9(5)14)8-2-6(13)7(22-8)4-21-25(19,20)23-24(16,17)18;;;;;;/h5-8,13H,2-4H2,1H3,(H,19,20)(H,11,14,15)(H2,16,17,18);2*1H4;1H3;;;/q;;;;3*+1/p-3/t5?,6-,7+,8+;;;;;;/m0....../s1. The average Bonchev–Trinajstić information content (AvgIpc) is 2.79. The van der Waals surface area contributed by atoms with Crippen LogP contribution in [0.2, 0.25) is 0 Å². The van der Waals surface area contributed by atoms with Crippen LogP contribution in [0.4, 0.5) is 4.79 Å². The molecule has 31 heavy (non-hydrogen) atoms. The zero-order valence-corrected chi connectivity index (χ0v) is 24.3. The van der Waals surface area contributed by atoms with E-state index in [9.17, 15) is 38.5 Å². The van der Waals surface area contributed by atoms with E-state index in [1.807, 2.05) is 0 Å². The topological polar surface area (TPSA) is 236 Å². The number of hydrogen-bond acceptors (Lipinski definition) is 12.